The highest BCUT2D eigenvalue weighted by Gasteiger charge is 2.29. The fraction of sp³-hybridized carbons (Fsp3) is 0.158. The normalized spacial score (nSPS) is 11.3. The fourth-order valence-electron chi connectivity index (χ4n) is 2.15. The molecule has 0 saturated carbocycles. The van der Waals surface area contributed by atoms with Gasteiger partial charge in [0.1, 0.15) is 0 Å². The monoisotopic (exact) mass is 378 g/mol. The topological polar surface area (TPSA) is 58.6 Å². The zero-order valence-electron chi connectivity index (χ0n) is 14.6. The molecule has 0 heterocycles. The summed E-state index contributed by atoms with van der Waals surface area (Å²) in [5.41, 5.74) is 0.800. The molecule has 0 atom stereocenters. The number of alkyl halides is 3. The van der Waals surface area contributed by atoms with Crippen LogP contribution in [0.3, 0.4) is 0 Å². The Kier molecular flexibility index (Phi) is 6.23. The first-order valence-electron chi connectivity index (χ1n) is 7.79. The Bertz CT molecular complexity index is 829. The van der Waals surface area contributed by atoms with Gasteiger partial charge in [0.05, 0.1) is 12.7 Å². The van der Waals surface area contributed by atoms with Crippen LogP contribution in [0, 0.1) is 0 Å². The Morgan fingerprint density at radius 2 is 1.63 bits per heavy atom. The third-order valence-corrected chi connectivity index (χ3v) is 3.64. The molecule has 2 rings (SSSR count). The van der Waals surface area contributed by atoms with Gasteiger partial charge in [0.15, 0.2) is 0 Å². The Balaban J connectivity index is 1.97. The molecule has 27 heavy (non-hydrogen) atoms. The van der Waals surface area contributed by atoms with E-state index in [1.54, 1.807) is 31.3 Å². The molecular formula is C19H17F3N2O3. The summed E-state index contributed by atoms with van der Waals surface area (Å²) in [5, 5.41) is 2.62. The number of amides is 2. The predicted octanol–water partition coefficient (Wildman–Crippen LogP) is 4.56. The number of carbonyl (C=O) groups excluding carboxylic acids is 2. The molecule has 0 aliphatic rings. The van der Waals surface area contributed by atoms with Crippen molar-refractivity contribution >= 4 is 29.5 Å². The van der Waals surface area contributed by atoms with Gasteiger partial charge in [-0.2, -0.15) is 13.2 Å². The molecule has 0 saturated heterocycles. The van der Waals surface area contributed by atoms with Crippen LogP contribution in [0.4, 0.5) is 29.3 Å². The third kappa shape index (κ3) is 5.60. The molecule has 8 heteroatoms. The van der Waals surface area contributed by atoms with Crippen molar-refractivity contribution in [1.29, 1.82) is 0 Å². The number of nitrogens with one attached hydrogen (secondary N) is 1. The number of hydrogen-bond acceptors (Lipinski definition) is 3. The molecular weight excluding hydrogens is 361 g/mol. The number of nitrogens with zero attached hydrogens (tertiary/aromatic N) is 1. The van der Waals surface area contributed by atoms with Crippen LogP contribution in [0.5, 0.6) is 0 Å². The van der Waals surface area contributed by atoms with Gasteiger partial charge >= 0.3 is 12.3 Å². The standard InChI is InChI=1S/C19H17F3N2O3/c1-24(18(26)27-2)16-10-8-15(9-11-16)23-17(25)12-5-13-3-6-14(7-4-13)19(20,21)22/h3-12H,1-2H3,(H,23,25)/b12-5+. The lowest BCUT2D eigenvalue weighted by Gasteiger charge is -2.15. The summed E-state index contributed by atoms with van der Waals surface area (Å²) in [6.07, 6.45) is -2.29. The minimum absolute atomic E-state index is 0.441. The molecule has 0 aliphatic carbocycles. The number of hydrogen-bond donors (Lipinski definition) is 1. The van der Waals surface area contributed by atoms with Crippen molar-refractivity contribution in [3.8, 4) is 0 Å². The lowest BCUT2D eigenvalue weighted by Crippen LogP contribution is -2.25. The maximum absolute atomic E-state index is 12.5. The first-order valence-corrected chi connectivity index (χ1v) is 7.79. The van der Waals surface area contributed by atoms with Crippen molar-refractivity contribution in [1.82, 2.24) is 0 Å². The van der Waals surface area contributed by atoms with Crippen molar-refractivity contribution in [2.45, 2.75) is 6.18 Å². The number of benzene rings is 2. The van der Waals surface area contributed by atoms with Gasteiger partial charge in [-0.15, -0.1) is 0 Å². The lowest BCUT2D eigenvalue weighted by atomic mass is 10.1. The lowest BCUT2D eigenvalue weighted by molar-refractivity contribution is -0.137. The van der Waals surface area contributed by atoms with Gasteiger partial charge in [-0.3, -0.25) is 9.69 Å². The molecule has 2 amide bonds. The molecule has 0 spiro atoms. The molecule has 0 bridgehead atoms. The van der Waals surface area contributed by atoms with Crippen LogP contribution in [0.15, 0.2) is 54.6 Å². The Morgan fingerprint density at radius 3 is 2.15 bits per heavy atom. The zero-order chi connectivity index (χ0) is 20.0. The van der Waals surface area contributed by atoms with Gasteiger partial charge in [-0.1, -0.05) is 12.1 Å². The number of carbonyl (C=O) groups is 2. The molecule has 0 fully saturated rings. The van der Waals surface area contributed by atoms with Gasteiger partial charge in [-0.25, -0.2) is 4.79 Å². The second-order valence-corrected chi connectivity index (χ2v) is 5.52. The second-order valence-electron chi connectivity index (χ2n) is 5.52. The van der Waals surface area contributed by atoms with Crippen LogP contribution in [0.25, 0.3) is 6.08 Å². The molecule has 5 nitrogen and oxygen atoms in total. The Labute approximate surface area is 154 Å². The highest BCUT2D eigenvalue weighted by Crippen LogP contribution is 2.29. The predicted molar refractivity (Wildman–Crippen MR) is 96.4 cm³/mol. The largest absolute Gasteiger partial charge is 0.452 e. The first-order chi connectivity index (χ1) is 12.7. The smallest absolute Gasteiger partial charge is 0.416 e. The number of methoxy groups -OCH3 is 1. The van der Waals surface area contributed by atoms with E-state index in [1.165, 1.54) is 36.3 Å². The molecule has 1 N–H and O–H groups in total. The van der Waals surface area contributed by atoms with Crippen LogP contribution in [-0.4, -0.2) is 26.2 Å². The van der Waals surface area contributed by atoms with E-state index in [2.05, 4.69) is 10.1 Å². The average Bonchev–Trinajstić information content (AvgIpc) is 2.65. The van der Waals surface area contributed by atoms with Crippen LogP contribution >= 0.6 is 0 Å². The van der Waals surface area contributed by atoms with E-state index >= 15 is 0 Å². The molecule has 2 aromatic rings. The number of ether oxygens (including phenoxy) is 1. The molecule has 142 valence electrons. The Morgan fingerprint density at radius 1 is 1.04 bits per heavy atom. The maximum Gasteiger partial charge on any atom is 0.416 e. The van der Waals surface area contributed by atoms with E-state index in [1.807, 2.05) is 0 Å². The van der Waals surface area contributed by atoms with E-state index in [0.29, 0.717) is 16.9 Å². The number of anilines is 2. The van der Waals surface area contributed by atoms with Crippen molar-refractivity contribution in [2.24, 2.45) is 0 Å². The van der Waals surface area contributed by atoms with Crippen molar-refractivity contribution in [3.05, 3.63) is 65.7 Å². The summed E-state index contributed by atoms with van der Waals surface area (Å²) in [5.74, 6) is -0.441. The zero-order valence-corrected chi connectivity index (χ0v) is 14.6. The van der Waals surface area contributed by atoms with Crippen LogP contribution < -0.4 is 10.2 Å². The minimum atomic E-state index is -4.40. The maximum atomic E-state index is 12.5. The van der Waals surface area contributed by atoms with E-state index in [-0.39, 0.29) is 0 Å². The summed E-state index contributed by atoms with van der Waals surface area (Å²) in [6.45, 7) is 0. The van der Waals surface area contributed by atoms with Crippen LogP contribution in [0.1, 0.15) is 11.1 Å². The summed E-state index contributed by atoms with van der Waals surface area (Å²) in [6, 6.07) is 11.0. The minimum Gasteiger partial charge on any atom is -0.452 e. The summed E-state index contributed by atoms with van der Waals surface area (Å²) >= 11 is 0. The summed E-state index contributed by atoms with van der Waals surface area (Å²) in [4.78, 5) is 24.7. The first kappa shape index (κ1) is 20.0. The summed E-state index contributed by atoms with van der Waals surface area (Å²) in [7, 11) is 2.82. The highest BCUT2D eigenvalue weighted by molar-refractivity contribution is 6.02. The van der Waals surface area contributed by atoms with Crippen molar-refractivity contribution in [3.63, 3.8) is 0 Å². The second kappa shape index (κ2) is 8.39. The fourth-order valence-corrected chi connectivity index (χ4v) is 2.15. The van der Waals surface area contributed by atoms with Gasteiger partial charge in [0.2, 0.25) is 5.91 Å². The molecule has 0 aliphatic heterocycles. The van der Waals surface area contributed by atoms with Crippen LogP contribution in [-0.2, 0) is 15.7 Å². The average molecular weight is 378 g/mol. The van der Waals surface area contributed by atoms with E-state index < -0.39 is 23.7 Å². The molecule has 0 unspecified atom stereocenters. The molecule has 0 aromatic heterocycles. The molecule has 0 radical (unpaired) electrons. The van der Waals surface area contributed by atoms with E-state index in [0.717, 1.165) is 12.1 Å². The van der Waals surface area contributed by atoms with Gasteiger partial charge in [-0.05, 0) is 48.0 Å². The third-order valence-electron chi connectivity index (χ3n) is 3.64. The van der Waals surface area contributed by atoms with E-state index in [9.17, 15) is 22.8 Å². The van der Waals surface area contributed by atoms with Gasteiger partial charge in [0, 0.05) is 24.5 Å². The van der Waals surface area contributed by atoms with Crippen molar-refractivity contribution < 1.29 is 27.5 Å². The SMILES string of the molecule is COC(=O)N(C)c1ccc(NC(=O)/C=C/c2ccc(C(F)(F)F)cc2)cc1. The van der Waals surface area contributed by atoms with Gasteiger partial charge in [0.25, 0.3) is 0 Å². The summed E-state index contributed by atoms with van der Waals surface area (Å²) < 4.78 is 42.1. The Hall–Kier alpha value is -3.29. The van der Waals surface area contributed by atoms with Gasteiger partial charge < -0.3 is 10.1 Å². The van der Waals surface area contributed by atoms with Crippen molar-refractivity contribution in [2.75, 3.05) is 24.4 Å². The number of halogens is 3. The molecule has 2 aromatic carbocycles. The van der Waals surface area contributed by atoms with Crippen LogP contribution in [0.2, 0.25) is 0 Å². The quantitative estimate of drug-likeness (QED) is 0.794. The highest BCUT2D eigenvalue weighted by atomic mass is 19.4. The van der Waals surface area contributed by atoms with E-state index in [4.69, 9.17) is 0 Å². The number of rotatable bonds is 4.